The van der Waals surface area contributed by atoms with Gasteiger partial charge >= 0.3 is 0 Å². The molecular formula is C8H9F2IN2O. The molecular weight excluding hydrogens is 305 g/mol. The number of alkyl halides is 2. The Balaban J connectivity index is 3.28. The van der Waals surface area contributed by atoms with Gasteiger partial charge in [0.15, 0.2) is 5.75 Å². The molecule has 0 aromatic carbocycles. The van der Waals surface area contributed by atoms with E-state index in [0.29, 0.717) is 9.39 Å². The number of rotatable bonds is 3. The average molecular weight is 314 g/mol. The second kappa shape index (κ2) is 4.83. The number of halogens is 3. The van der Waals surface area contributed by atoms with Crippen LogP contribution in [0.25, 0.3) is 0 Å². The highest BCUT2D eigenvalue weighted by Gasteiger charge is 2.18. The van der Waals surface area contributed by atoms with E-state index in [1.807, 2.05) is 22.6 Å². The molecule has 78 valence electrons. The van der Waals surface area contributed by atoms with E-state index in [0.717, 1.165) is 0 Å². The van der Waals surface area contributed by atoms with Crippen molar-refractivity contribution in [3.05, 3.63) is 21.0 Å². The molecule has 1 aromatic heterocycles. The predicted octanol–water partition coefficient (Wildman–Crippen LogP) is 2.09. The van der Waals surface area contributed by atoms with Gasteiger partial charge < -0.3 is 10.5 Å². The SMILES string of the molecule is COc1c(C(F)F)cc(CN)nc1I. The fourth-order valence-electron chi connectivity index (χ4n) is 1.04. The van der Waals surface area contributed by atoms with Gasteiger partial charge in [-0.05, 0) is 28.7 Å². The first-order valence-electron chi connectivity index (χ1n) is 3.81. The van der Waals surface area contributed by atoms with Crippen molar-refractivity contribution in [1.29, 1.82) is 0 Å². The van der Waals surface area contributed by atoms with Crippen LogP contribution in [0.2, 0.25) is 0 Å². The topological polar surface area (TPSA) is 48.1 Å². The number of methoxy groups -OCH3 is 1. The second-order valence-corrected chi connectivity index (χ2v) is 3.55. The first kappa shape index (κ1) is 11.6. The van der Waals surface area contributed by atoms with Crippen molar-refractivity contribution < 1.29 is 13.5 Å². The van der Waals surface area contributed by atoms with Crippen molar-refractivity contribution in [2.24, 2.45) is 5.73 Å². The molecule has 2 N–H and O–H groups in total. The minimum atomic E-state index is -2.58. The summed E-state index contributed by atoms with van der Waals surface area (Å²) in [6.07, 6.45) is -2.58. The third-order valence-corrected chi connectivity index (χ3v) is 2.39. The number of pyridine rings is 1. The van der Waals surface area contributed by atoms with Gasteiger partial charge in [-0.1, -0.05) is 0 Å². The first-order valence-corrected chi connectivity index (χ1v) is 4.89. The molecule has 0 aliphatic rings. The zero-order valence-corrected chi connectivity index (χ0v) is 9.59. The Kier molecular flexibility index (Phi) is 3.99. The van der Waals surface area contributed by atoms with Gasteiger partial charge in [0.25, 0.3) is 6.43 Å². The molecule has 0 radical (unpaired) electrons. The normalized spacial score (nSPS) is 10.7. The molecule has 0 unspecified atom stereocenters. The summed E-state index contributed by atoms with van der Waals surface area (Å²) in [5, 5.41) is 0. The Morgan fingerprint density at radius 1 is 1.64 bits per heavy atom. The second-order valence-electron chi connectivity index (χ2n) is 2.53. The summed E-state index contributed by atoms with van der Waals surface area (Å²) in [5.41, 5.74) is 5.60. The van der Waals surface area contributed by atoms with E-state index in [9.17, 15) is 8.78 Å². The van der Waals surface area contributed by atoms with Crippen LogP contribution in [-0.2, 0) is 6.54 Å². The third-order valence-electron chi connectivity index (χ3n) is 1.66. The van der Waals surface area contributed by atoms with Crippen molar-refractivity contribution in [2.45, 2.75) is 13.0 Å². The summed E-state index contributed by atoms with van der Waals surface area (Å²) in [5.74, 6) is 0.123. The third kappa shape index (κ3) is 2.30. The van der Waals surface area contributed by atoms with Crippen LogP contribution in [0.15, 0.2) is 6.07 Å². The van der Waals surface area contributed by atoms with Gasteiger partial charge in [0.1, 0.15) is 3.70 Å². The number of ether oxygens (including phenoxy) is 1. The van der Waals surface area contributed by atoms with E-state index in [4.69, 9.17) is 10.5 Å². The minimum absolute atomic E-state index is 0.123. The van der Waals surface area contributed by atoms with E-state index in [1.54, 1.807) is 0 Å². The lowest BCUT2D eigenvalue weighted by Crippen LogP contribution is -2.05. The average Bonchev–Trinajstić information content (AvgIpc) is 2.16. The zero-order chi connectivity index (χ0) is 10.7. The molecule has 0 aliphatic carbocycles. The van der Waals surface area contributed by atoms with Crippen molar-refractivity contribution in [3.8, 4) is 5.75 Å². The monoisotopic (exact) mass is 314 g/mol. The maximum absolute atomic E-state index is 12.6. The molecule has 0 saturated carbocycles. The predicted molar refractivity (Wildman–Crippen MR) is 56.4 cm³/mol. The van der Waals surface area contributed by atoms with Crippen LogP contribution in [0.1, 0.15) is 17.7 Å². The van der Waals surface area contributed by atoms with Crippen molar-refractivity contribution in [1.82, 2.24) is 4.98 Å². The Morgan fingerprint density at radius 2 is 2.29 bits per heavy atom. The molecule has 0 saturated heterocycles. The molecule has 1 aromatic rings. The Morgan fingerprint density at radius 3 is 2.71 bits per heavy atom. The lowest BCUT2D eigenvalue weighted by atomic mass is 10.2. The van der Waals surface area contributed by atoms with E-state index in [1.165, 1.54) is 13.2 Å². The van der Waals surface area contributed by atoms with Gasteiger partial charge in [-0.3, -0.25) is 0 Å². The van der Waals surface area contributed by atoms with E-state index < -0.39 is 6.43 Å². The standard InChI is InChI=1S/C8H9F2IN2O/c1-14-6-5(7(9)10)2-4(3-12)13-8(6)11/h2,7H,3,12H2,1H3. The number of nitrogens with zero attached hydrogens (tertiary/aromatic N) is 1. The molecule has 1 rings (SSSR count). The number of hydrogen-bond donors (Lipinski definition) is 1. The van der Waals surface area contributed by atoms with Gasteiger partial charge in [0.05, 0.1) is 18.4 Å². The van der Waals surface area contributed by atoms with E-state index >= 15 is 0 Å². The van der Waals surface area contributed by atoms with Crippen LogP contribution in [0.3, 0.4) is 0 Å². The van der Waals surface area contributed by atoms with Gasteiger partial charge in [0, 0.05) is 6.54 Å². The number of aromatic nitrogens is 1. The van der Waals surface area contributed by atoms with E-state index in [2.05, 4.69) is 4.98 Å². The summed E-state index contributed by atoms with van der Waals surface area (Å²) in [7, 11) is 1.34. The van der Waals surface area contributed by atoms with Crippen molar-refractivity contribution >= 4 is 22.6 Å². The smallest absolute Gasteiger partial charge is 0.267 e. The number of hydrogen-bond acceptors (Lipinski definition) is 3. The van der Waals surface area contributed by atoms with Crippen molar-refractivity contribution in [3.63, 3.8) is 0 Å². The van der Waals surface area contributed by atoms with Crippen LogP contribution >= 0.6 is 22.6 Å². The van der Waals surface area contributed by atoms with Gasteiger partial charge in [0.2, 0.25) is 0 Å². The Hall–Kier alpha value is -0.500. The number of nitrogens with two attached hydrogens (primary N) is 1. The first-order chi connectivity index (χ1) is 6.60. The minimum Gasteiger partial charge on any atom is -0.493 e. The molecule has 3 nitrogen and oxygen atoms in total. The van der Waals surface area contributed by atoms with E-state index in [-0.39, 0.29) is 17.9 Å². The van der Waals surface area contributed by atoms with Crippen molar-refractivity contribution in [2.75, 3.05) is 7.11 Å². The maximum Gasteiger partial charge on any atom is 0.267 e. The molecule has 0 atom stereocenters. The van der Waals surface area contributed by atoms with Crippen LogP contribution in [0.4, 0.5) is 8.78 Å². The molecule has 0 bridgehead atoms. The summed E-state index contributed by atoms with van der Waals surface area (Å²) < 4.78 is 30.4. The highest BCUT2D eigenvalue weighted by molar-refractivity contribution is 14.1. The molecule has 0 aliphatic heterocycles. The summed E-state index contributed by atoms with van der Waals surface area (Å²) in [4.78, 5) is 4.01. The van der Waals surface area contributed by atoms with Gasteiger partial charge in [-0.25, -0.2) is 13.8 Å². The Bertz CT molecular complexity index is 333. The fraction of sp³-hybridized carbons (Fsp3) is 0.375. The van der Waals surface area contributed by atoms with Gasteiger partial charge in [-0.2, -0.15) is 0 Å². The Labute approximate surface area is 93.8 Å². The molecule has 1 heterocycles. The van der Waals surface area contributed by atoms with Gasteiger partial charge in [-0.15, -0.1) is 0 Å². The van der Waals surface area contributed by atoms with Crippen LogP contribution < -0.4 is 10.5 Å². The van der Waals surface area contributed by atoms with Crippen LogP contribution in [0.5, 0.6) is 5.75 Å². The molecule has 14 heavy (non-hydrogen) atoms. The molecule has 0 spiro atoms. The zero-order valence-electron chi connectivity index (χ0n) is 7.43. The molecule has 0 amide bonds. The van der Waals surface area contributed by atoms with Crippen LogP contribution in [0, 0.1) is 3.70 Å². The summed E-state index contributed by atoms with van der Waals surface area (Å²) in [6.45, 7) is 0.139. The highest BCUT2D eigenvalue weighted by atomic mass is 127. The maximum atomic E-state index is 12.6. The lowest BCUT2D eigenvalue weighted by Gasteiger charge is -2.10. The summed E-state index contributed by atoms with van der Waals surface area (Å²) in [6, 6.07) is 1.27. The fourth-order valence-corrected chi connectivity index (χ4v) is 1.88. The largest absolute Gasteiger partial charge is 0.493 e. The lowest BCUT2D eigenvalue weighted by molar-refractivity contribution is 0.146. The summed E-state index contributed by atoms with van der Waals surface area (Å²) >= 11 is 1.84. The van der Waals surface area contributed by atoms with Crippen LogP contribution in [-0.4, -0.2) is 12.1 Å². The molecule has 6 heteroatoms. The highest BCUT2D eigenvalue weighted by Crippen LogP contribution is 2.32. The molecule has 0 fully saturated rings. The quantitative estimate of drug-likeness (QED) is 0.686.